The number of likely N-dealkylation sites (N-methyl/N-ethyl adjacent to an activating group) is 1. The Bertz CT molecular complexity index is 624. The number of aliphatic carboxylic acids is 1. The van der Waals surface area contributed by atoms with Gasteiger partial charge in [0.15, 0.2) is 0 Å². The van der Waals surface area contributed by atoms with Gasteiger partial charge < -0.3 is 15.0 Å². The van der Waals surface area contributed by atoms with Crippen LogP contribution in [0, 0.1) is 0 Å². The van der Waals surface area contributed by atoms with Crippen LogP contribution in [0.3, 0.4) is 0 Å². The number of fused-ring (bicyclic) bond motifs is 1. The molecule has 0 radical (unpaired) electrons. The summed E-state index contributed by atoms with van der Waals surface area (Å²) in [5.41, 5.74) is 1.98. The van der Waals surface area contributed by atoms with Crippen LogP contribution in [0.15, 0.2) is 24.4 Å². The monoisotopic (exact) mass is 274 g/mol. The minimum Gasteiger partial charge on any atom is -0.480 e. The van der Waals surface area contributed by atoms with Crippen molar-refractivity contribution in [2.24, 2.45) is 0 Å². The van der Waals surface area contributed by atoms with Crippen molar-refractivity contribution in [3.05, 3.63) is 24.4 Å². The second-order valence-electron chi connectivity index (χ2n) is 5.26. The molecule has 106 valence electrons. The van der Waals surface area contributed by atoms with Crippen molar-refractivity contribution in [1.82, 2.24) is 14.9 Å². The number of nitrogens with one attached hydrogen (secondary N) is 1. The number of aromatic amines is 1. The predicted octanol–water partition coefficient (Wildman–Crippen LogP) is 1.16. The van der Waals surface area contributed by atoms with E-state index in [1.165, 1.54) is 0 Å². The maximum absolute atomic E-state index is 10.7. The SMILES string of the molecule is CN(c1ccc2[nH]ccc2n1)C1CCN(CC(=O)O)C1. The van der Waals surface area contributed by atoms with Gasteiger partial charge in [0, 0.05) is 32.4 Å². The van der Waals surface area contributed by atoms with Crippen molar-refractivity contribution < 1.29 is 9.90 Å². The summed E-state index contributed by atoms with van der Waals surface area (Å²) in [6, 6.07) is 6.30. The fraction of sp³-hybridized carbons (Fsp3) is 0.429. The van der Waals surface area contributed by atoms with E-state index in [1.54, 1.807) is 0 Å². The molecule has 0 saturated carbocycles. The molecule has 2 aromatic heterocycles. The van der Waals surface area contributed by atoms with E-state index in [0.29, 0.717) is 6.04 Å². The Labute approximate surface area is 117 Å². The highest BCUT2D eigenvalue weighted by atomic mass is 16.4. The van der Waals surface area contributed by atoms with Gasteiger partial charge in [-0.3, -0.25) is 9.69 Å². The predicted molar refractivity (Wildman–Crippen MR) is 77.0 cm³/mol. The molecule has 2 N–H and O–H groups in total. The second-order valence-corrected chi connectivity index (χ2v) is 5.26. The van der Waals surface area contributed by atoms with Crippen LogP contribution in [0.4, 0.5) is 5.82 Å². The maximum atomic E-state index is 10.7. The summed E-state index contributed by atoms with van der Waals surface area (Å²) in [6.07, 6.45) is 2.85. The molecular formula is C14H18N4O2. The lowest BCUT2D eigenvalue weighted by Crippen LogP contribution is -2.36. The number of likely N-dealkylation sites (tertiary alicyclic amines) is 1. The Morgan fingerprint density at radius 2 is 2.40 bits per heavy atom. The van der Waals surface area contributed by atoms with Crippen molar-refractivity contribution in [2.75, 3.05) is 31.6 Å². The van der Waals surface area contributed by atoms with Gasteiger partial charge in [0.1, 0.15) is 5.82 Å². The quantitative estimate of drug-likeness (QED) is 0.875. The molecule has 6 heteroatoms. The number of carboxylic acids is 1. The number of anilines is 1. The van der Waals surface area contributed by atoms with Crippen LogP contribution in [0.5, 0.6) is 0 Å². The largest absolute Gasteiger partial charge is 0.480 e. The lowest BCUT2D eigenvalue weighted by atomic mass is 10.2. The second kappa shape index (κ2) is 5.13. The van der Waals surface area contributed by atoms with Crippen LogP contribution in [0.2, 0.25) is 0 Å². The zero-order chi connectivity index (χ0) is 14.1. The van der Waals surface area contributed by atoms with Crippen LogP contribution in [-0.4, -0.2) is 58.7 Å². The first-order valence-corrected chi connectivity index (χ1v) is 6.74. The highest BCUT2D eigenvalue weighted by Crippen LogP contribution is 2.22. The molecule has 1 fully saturated rings. The molecule has 1 aliphatic heterocycles. The van der Waals surface area contributed by atoms with Crippen LogP contribution in [0.1, 0.15) is 6.42 Å². The molecule has 0 bridgehead atoms. The van der Waals surface area contributed by atoms with Crippen molar-refractivity contribution in [3.8, 4) is 0 Å². The van der Waals surface area contributed by atoms with Gasteiger partial charge in [-0.2, -0.15) is 0 Å². The first kappa shape index (κ1) is 12.9. The third-order valence-electron chi connectivity index (χ3n) is 3.91. The molecule has 0 amide bonds. The van der Waals surface area contributed by atoms with Crippen molar-refractivity contribution >= 4 is 22.8 Å². The van der Waals surface area contributed by atoms with Crippen LogP contribution in [-0.2, 0) is 4.79 Å². The van der Waals surface area contributed by atoms with E-state index in [2.05, 4.69) is 14.9 Å². The average Bonchev–Trinajstić information content (AvgIpc) is 3.04. The Hall–Kier alpha value is -2.08. The van der Waals surface area contributed by atoms with Gasteiger partial charge in [-0.05, 0) is 24.6 Å². The van der Waals surface area contributed by atoms with E-state index >= 15 is 0 Å². The minimum absolute atomic E-state index is 0.120. The number of hydrogen-bond acceptors (Lipinski definition) is 4. The van der Waals surface area contributed by atoms with Gasteiger partial charge in [-0.25, -0.2) is 4.98 Å². The molecule has 0 spiro atoms. The first-order valence-electron chi connectivity index (χ1n) is 6.74. The topological polar surface area (TPSA) is 72.5 Å². The Morgan fingerprint density at radius 3 is 3.20 bits per heavy atom. The van der Waals surface area contributed by atoms with Gasteiger partial charge in [0.2, 0.25) is 0 Å². The molecule has 1 atom stereocenters. The number of carbonyl (C=O) groups is 1. The molecule has 1 aliphatic rings. The van der Waals surface area contributed by atoms with E-state index < -0.39 is 5.97 Å². The van der Waals surface area contributed by atoms with Crippen LogP contribution < -0.4 is 4.90 Å². The molecule has 3 rings (SSSR count). The number of pyridine rings is 1. The highest BCUT2D eigenvalue weighted by molar-refractivity contribution is 5.76. The molecule has 3 heterocycles. The summed E-state index contributed by atoms with van der Waals surface area (Å²) in [4.78, 5) is 22.6. The molecule has 0 aromatic carbocycles. The van der Waals surface area contributed by atoms with Gasteiger partial charge in [0.25, 0.3) is 0 Å². The molecule has 0 aliphatic carbocycles. The third-order valence-corrected chi connectivity index (χ3v) is 3.91. The molecule has 1 unspecified atom stereocenters. The molecule has 2 aromatic rings. The summed E-state index contributed by atoms with van der Waals surface area (Å²) < 4.78 is 0. The van der Waals surface area contributed by atoms with Gasteiger partial charge in [0.05, 0.1) is 17.6 Å². The zero-order valence-corrected chi connectivity index (χ0v) is 11.4. The van der Waals surface area contributed by atoms with Gasteiger partial charge in [-0.1, -0.05) is 0 Å². The van der Waals surface area contributed by atoms with Gasteiger partial charge in [-0.15, -0.1) is 0 Å². The fourth-order valence-corrected chi connectivity index (χ4v) is 2.77. The lowest BCUT2D eigenvalue weighted by molar-refractivity contribution is -0.138. The number of carboxylic acid groups (broad SMARTS) is 1. The maximum Gasteiger partial charge on any atom is 0.317 e. The average molecular weight is 274 g/mol. The molecule has 1 saturated heterocycles. The smallest absolute Gasteiger partial charge is 0.317 e. The van der Waals surface area contributed by atoms with E-state index in [4.69, 9.17) is 5.11 Å². The number of aromatic nitrogens is 2. The number of rotatable bonds is 4. The highest BCUT2D eigenvalue weighted by Gasteiger charge is 2.27. The van der Waals surface area contributed by atoms with Gasteiger partial charge >= 0.3 is 5.97 Å². The van der Waals surface area contributed by atoms with Crippen molar-refractivity contribution in [1.29, 1.82) is 0 Å². The lowest BCUT2D eigenvalue weighted by Gasteiger charge is -2.25. The fourth-order valence-electron chi connectivity index (χ4n) is 2.77. The normalized spacial score (nSPS) is 19.6. The number of hydrogen-bond donors (Lipinski definition) is 2. The number of H-pyrrole nitrogens is 1. The van der Waals surface area contributed by atoms with Crippen molar-refractivity contribution in [2.45, 2.75) is 12.5 Å². The van der Waals surface area contributed by atoms with E-state index in [1.807, 2.05) is 36.3 Å². The Morgan fingerprint density at radius 1 is 1.55 bits per heavy atom. The minimum atomic E-state index is -0.764. The Balaban J connectivity index is 1.72. The van der Waals surface area contributed by atoms with E-state index in [0.717, 1.165) is 36.4 Å². The molecular weight excluding hydrogens is 256 g/mol. The van der Waals surface area contributed by atoms with E-state index in [9.17, 15) is 4.79 Å². The summed E-state index contributed by atoms with van der Waals surface area (Å²) in [7, 11) is 2.02. The number of nitrogens with zero attached hydrogens (tertiary/aromatic N) is 3. The summed E-state index contributed by atoms with van der Waals surface area (Å²) in [5.74, 6) is 0.166. The van der Waals surface area contributed by atoms with E-state index in [-0.39, 0.29) is 6.54 Å². The standard InChI is InChI=1S/C14H18N4O2/c1-17(10-5-7-18(8-10)9-14(19)20)13-3-2-11-12(16-13)4-6-15-11/h2-4,6,10,15H,5,7-9H2,1H3,(H,19,20). The first-order chi connectivity index (χ1) is 9.63. The molecule has 6 nitrogen and oxygen atoms in total. The summed E-state index contributed by atoms with van der Waals surface area (Å²) >= 11 is 0. The summed E-state index contributed by atoms with van der Waals surface area (Å²) in [5, 5.41) is 8.84. The van der Waals surface area contributed by atoms with Crippen LogP contribution >= 0.6 is 0 Å². The molecule has 20 heavy (non-hydrogen) atoms. The third kappa shape index (κ3) is 2.46. The summed E-state index contributed by atoms with van der Waals surface area (Å²) in [6.45, 7) is 1.72. The zero-order valence-electron chi connectivity index (χ0n) is 11.4. The van der Waals surface area contributed by atoms with Crippen molar-refractivity contribution in [3.63, 3.8) is 0 Å². The van der Waals surface area contributed by atoms with Crippen LogP contribution in [0.25, 0.3) is 11.0 Å². The Kier molecular flexibility index (Phi) is 3.31.